The molecular weight excluding hydrogens is 504 g/mol. The number of hydrogen-bond donors (Lipinski definition) is 2. The summed E-state index contributed by atoms with van der Waals surface area (Å²) in [6.07, 6.45) is 3.19. The molecule has 1 atom stereocenters. The van der Waals surface area contributed by atoms with E-state index >= 15 is 0 Å². The van der Waals surface area contributed by atoms with Crippen LogP contribution in [0, 0.1) is 13.8 Å². The molecule has 40 heavy (non-hydrogen) atoms. The fourth-order valence-corrected chi connectivity index (χ4v) is 4.98. The molecule has 0 spiro atoms. The number of imidazole rings is 1. The van der Waals surface area contributed by atoms with Gasteiger partial charge in [0.15, 0.2) is 0 Å². The number of H-pyrrole nitrogens is 1. The van der Waals surface area contributed by atoms with E-state index in [0.29, 0.717) is 29.0 Å². The van der Waals surface area contributed by atoms with Crippen LogP contribution in [0.5, 0.6) is 5.75 Å². The van der Waals surface area contributed by atoms with E-state index in [1.165, 1.54) is 4.90 Å². The number of carbonyl (C=O) groups excluding carboxylic acids is 2. The monoisotopic (exact) mass is 530 g/mol. The molecule has 1 aliphatic rings. The summed E-state index contributed by atoms with van der Waals surface area (Å²) in [6, 6.07) is 23.3. The highest BCUT2D eigenvalue weighted by Crippen LogP contribution is 2.41. The number of anilines is 1. The SMILES string of the molecule is Cc1ccc2nc(N3C(=O)C(=O)/C(=C(/O)c4ccc(OCc5ccccc5)c(C)c4)C3c3cccnc3)[nH]c2c1. The fraction of sp³-hybridized carbons (Fsp3) is 0.125. The van der Waals surface area contributed by atoms with E-state index < -0.39 is 17.7 Å². The third-order valence-corrected chi connectivity index (χ3v) is 6.98. The van der Waals surface area contributed by atoms with Crippen molar-refractivity contribution in [1.29, 1.82) is 0 Å². The molecule has 8 nitrogen and oxygen atoms in total. The summed E-state index contributed by atoms with van der Waals surface area (Å²) < 4.78 is 5.98. The van der Waals surface area contributed by atoms with Crippen LogP contribution in [0.4, 0.5) is 5.95 Å². The van der Waals surface area contributed by atoms with Crippen LogP contribution in [-0.4, -0.2) is 31.7 Å². The number of pyridine rings is 1. The van der Waals surface area contributed by atoms with Gasteiger partial charge in [0.05, 0.1) is 22.6 Å². The molecule has 2 aromatic heterocycles. The number of amides is 1. The first-order valence-electron chi connectivity index (χ1n) is 12.9. The molecular formula is C32H26N4O4. The number of aliphatic hydroxyl groups excluding tert-OH is 1. The Hall–Kier alpha value is -5.24. The van der Waals surface area contributed by atoms with Gasteiger partial charge in [0, 0.05) is 18.0 Å². The first-order valence-corrected chi connectivity index (χ1v) is 12.9. The number of fused-ring (bicyclic) bond motifs is 1. The van der Waals surface area contributed by atoms with Crippen molar-refractivity contribution in [2.45, 2.75) is 26.5 Å². The molecule has 198 valence electrons. The van der Waals surface area contributed by atoms with Crippen molar-refractivity contribution < 1.29 is 19.4 Å². The lowest BCUT2D eigenvalue weighted by Crippen LogP contribution is -2.30. The molecule has 1 fully saturated rings. The Bertz CT molecular complexity index is 1780. The zero-order valence-electron chi connectivity index (χ0n) is 22.0. The van der Waals surface area contributed by atoms with E-state index in [1.807, 2.05) is 62.4 Å². The second kappa shape index (κ2) is 10.1. The first-order chi connectivity index (χ1) is 19.4. The predicted molar refractivity (Wildman–Crippen MR) is 152 cm³/mol. The van der Waals surface area contributed by atoms with Crippen LogP contribution < -0.4 is 9.64 Å². The van der Waals surface area contributed by atoms with E-state index in [2.05, 4.69) is 15.0 Å². The van der Waals surface area contributed by atoms with Crippen LogP contribution in [0.2, 0.25) is 0 Å². The van der Waals surface area contributed by atoms with Gasteiger partial charge in [-0.15, -0.1) is 0 Å². The summed E-state index contributed by atoms with van der Waals surface area (Å²) in [5.74, 6) is -0.992. The minimum absolute atomic E-state index is 0.0352. The number of nitrogens with zero attached hydrogens (tertiary/aromatic N) is 3. The summed E-state index contributed by atoms with van der Waals surface area (Å²) in [7, 11) is 0. The summed E-state index contributed by atoms with van der Waals surface area (Å²) in [4.78, 5) is 40.2. The molecule has 1 unspecified atom stereocenters. The number of aryl methyl sites for hydroxylation is 2. The smallest absolute Gasteiger partial charge is 0.302 e. The molecule has 0 bridgehead atoms. The van der Waals surface area contributed by atoms with E-state index in [0.717, 1.165) is 22.2 Å². The van der Waals surface area contributed by atoms with Gasteiger partial charge in [0.1, 0.15) is 18.1 Å². The third kappa shape index (κ3) is 4.49. The molecule has 6 rings (SSSR count). The number of ether oxygens (including phenoxy) is 1. The molecule has 1 aliphatic heterocycles. The summed E-state index contributed by atoms with van der Waals surface area (Å²) >= 11 is 0. The van der Waals surface area contributed by atoms with Crippen molar-refractivity contribution in [3.8, 4) is 5.75 Å². The van der Waals surface area contributed by atoms with Crippen molar-refractivity contribution in [3.63, 3.8) is 0 Å². The van der Waals surface area contributed by atoms with Crippen molar-refractivity contribution in [2.24, 2.45) is 0 Å². The predicted octanol–water partition coefficient (Wildman–Crippen LogP) is 5.78. The first kappa shape index (κ1) is 25.1. The Labute approximate surface area is 230 Å². The normalized spacial score (nSPS) is 16.6. The molecule has 1 amide bonds. The highest BCUT2D eigenvalue weighted by atomic mass is 16.5. The number of nitrogens with one attached hydrogen (secondary N) is 1. The zero-order valence-corrected chi connectivity index (χ0v) is 22.0. The van der Waals surface area contributed by atoms with E-state index in [-0.39, 0.29) is 17.3 Å². The van der Waals surface area contributed by atoms with Gasteiger partial charge in [0.2, 0.25) is 5.95 Å². The molecule has 1 saturated heterocycles. The van der Waals surface area contributed by atoms with Crippen LogP contribution in [0.3, 0.4) is 0 Å². The number of aromatic nitrogens is 3. The molecule has 5 aromatic rings. The number of Topliss-reactive ketones (excluding diaryl/α,β-unsaturated/α-hetero) is 1. The van der Waals surface area contributed by atoms with E-state index in [4.69, 9.17) is 4.74 Å². The number of benzene rings is 3. The van der Waals surface area contributed by atoms with Gasteiger partial charge in [-0.2, -0.15) is 0 Å². The number of hydrogen-bond acceptors (Lipinski definition) is 6. The van der Waals surface area contributed by atoms with Crippen LogP contribution in [0.15, 0.2) is 96.8 Å². The summed E-state index contributed by atoms with van der Waals surface area (Å²) in [6.45, 7) is 4.22. The number of carbonyl (C=O) groups is 2. The minimum atomic E-state index is -0.926. The van der Waals surface area contributed by atoms with Crippen LogP contribution >= 0.6 is 0 Å². The lowest BCUT2D eigenvalue weighted by atomic mass is 9.96. The lowest BCUT2D eigenvalue weighted by Gasteiger charge is -2.22. The summed E-state index contributed by atoms with van der Waals surface area (Å²) in [5, 5.41) is 11.5. The molecule has 0 aliphatic carbocycles. The van der Waals surface area contributed by atoms with Crippen LogP contribution in [-0.2, 0) is 16.2 Å². The Morgan fingerprint density at radius 2 is 1.82 bits per heavy atom. The average molecular weight is 531 g/mol. The molecule has 0 radical (unpaired) electrons. The average Bonchev–Trinajstić information content (AvgIpc) is 3.50. The highest BCUT2D eigenvalue weighted by molar-refractivity contribution is 6.51. The van der Waals surface area contributed by atoms with Crippen molar-refractivity contribution >= 4 is 34.4 Å². The van der Waals surface area contributed by atoms with E-state index in [1.54, 1.807) is 42.7 Å². The van der Waals surface area contributed by atoms with Crippen molar-refractivity contribution in [3.05, 3.63) is 125 Å². The van der Waals surface area contributed by atoms with Crippen LogP contribution in [0.25, 0.3) is 16.8 Å². The minimum Gasteiger partial charge on any atom is -0.507 e. The number of ketones is 1. The Kier molecular flexibility index (Phi) is 6.36. The highest BCUT2D eigenvalue weighted by Gasteiger charge is 2.48. The van der Waals surface area contributed by atoms with E-state index in [9.17, 15) is 14.7 Å². The molecule has 3 aromatic carbocycles. The number of aliphatic hydroxyl groups is 1. The van der Waals surface area contributed by atoms with Crippen molar-refractivity contribution in [1.82, 2.24) is 15.0 Å². The Morgan fingerprint density at radius 1 is 1.00 bits per heavy atom. The quantitative estimate of drug-likeness (QED) is 0.164. The maximum absolute atomic E-state index is 13.5. The van der Waals surface area contributed by atoms with Gasteiger partial charge >= 0.3 is 5.91 Å². The fourth-order valence-electron chi connectivity index (χ4n) is 4.98. The second-order valence-corrected chi connectivity index (χ2v) is 9.79. The van der Waals surface area contributed by atoms with Gasteiger partial charge < -0.3 is 14.8 Å². The number of aromatic amines is 1. The zero-order chi connectivity index (χ0) is 27.8. The van der Waals surface area contributed by atoms with Crippen molar-refractivity contribution in [2.75, 3.05) is 4.90 Å². The lowest BCUT2D eigenvalue weighted by molar-refractivity contribution is -0.132. The van der Waals surface area contributed by atoms with Gasteiger partial charge in [0.25, 0.3) is 5.78 Å². The second-order valence-electron chi connectivity index (χ2n) is 9.79. The molecule has 8 heteroatoms. The van der Waals surface area contributed by atoms with Gasteiger partial charge in [-0.25, -0.2) is 4.98 Å². The maximum atomic E-state index is 13.5. The largest absolute Gasteiger partial charge is 0.507 e. The Morgan fingerprint density at radius 3 is 2.58 bits per heavy atom. The standard InChI is InChI=1S/C32H26N4O4/c1-19-10-12-24-25(15-19)35-32(34-24)36-28(23-9-6-14-33-17-23)27(30(38)31(36)39)29(37)22-11-13-26(20(2)16-22)40-18-21-7-4-3-5-8-21/h3-17,28,37H,18H2,1-2H3,(H,34,35)/b29-27+. The Balaban J connectivity index is 1.41. The van der Waals surface area contributed by atoms with Crippen LogP contribution in [0.1, 0.15) is 33.9 Å². The summed E-state index contributed by atoms with van der Waals surface area (Å²) in [5.41, 5.74) is 5.17. The number of rotatable bonds is 6. The maximum Gasteiger partial charge on any atom is 0.302 e. The third-order valence-electron chi connectivity index (χ3n) is 6.98. The van der Waals surface area contributed by atoms with Gasteiger partial charge in [-0.3, -0.25) is 19.5 Å². The topological polar surface area (TPSA) is 108 Å². The molecule has 2 N–H and O–H groups in total. The van der Waals surface area contributed by atoms with Gasteiger partial charge in [-0.05, 0) is 72.5 Å². The molecule has 0 saturated carbocycles. The van der Waals surface area contributed by atoms with Gasteiger partial charge in [-0.1, -0.05) is 42.5 Å². The molecule has 3 heterocycles.